The van der Waals surface area contributed by atoms with Gasteiger partial charge in [0.15, 0.2) is 0 Å². The van der Waals surface area contributed by atoms with Gasteiger partial charge in [-0.15, -0.1) is 0 Å². The van der Waals surface area contributed by atoms with Gasteiger partial charge in [-0.1, -0.05) is 0 Å². The van der Waals surface area contributed by atoms with E-state index in [-0.39, 0.29) is 0 Å². The number of piperidine rings is 1. The second kappa shape index (κ2) is 4.46. The van der Waals surface area contributed by atoms with E-state index >= 15 is 0 Å². The van der Waals surface area contributed by atoms with Crippen LogP contribution >= 0.6 is 0 Å². The number of hydrogen-bond donors (Lipinski definition) is 1. The molecule has 102 valence electrons. The van der Waals surface area contributed by atoms with E-state index in [2.05, 4.69) is 10.2 Å². The van der Waals surface area contributed by atoms with Crippen LogP contribution in [0.4, 0.5) is 0 Å². The summed E-state index contributed by atoms with van der Waals surface area (Å²) in [6, 6.07) is 1.60. The number of rotatable bonds is 1. The zero-order valence-corrected chi connectivity index (χ0v) is 11.4. The summed E-state index contributed by atoms with van der Waals surface area (Å²) < 4.78 is 6.07. The molecule has 0 aromatic heterocycles. The molecule has 0 bridgehead atoms. The predicted molar refractivity (Wildman–Crippen MR) is 71.6 cm³/mol. The maximum atomic E-state index is 6.07. The Morgan fingerprint density at radius 3 is 2.83 bits per heavy atom. The largest absolute Gasteiger partial charge is 0.375 e. The molecule has 1 spiro atoms. The van der Waals surface area contributed by atoms with Gasteiger partial charge in [0.05, 0.1) is 5.60 Å². The third-order valence-corrected chi connectivity index (χ3v) is 5.88. The molecule has 3 heteroatoms. The van der Waals surface area contributed by atoms with E-state index in [1.165, 1.54) is 64.6 Å². The first-order valence-corrected chi connectivity index (χ1v) is 7.96. The zero-order valence-electron chi connectivity index (χ0n) is 11.4. The van der Waals surface area contributed by atoms with E-state index in [1.807, 2.05) is 0 Å². The molecule has 0 amide bonds. The van der Waals surface area contributed by atoms with Crippen LogP contribution in [0.25, 0.3) is 0 Å². The Kier molecular flexibility index (Phi) is 2.90. The van der Waals surface area contributed by atoms with Crippen LogP contribution in [0.3, 0.4) is 0 Å². The minimum atomic E-state index is 0.310. The molecule has 18 heavy (non-hydrogen) atoms. The van der Waals surface area contributed by atoms with Crippen molar-refractivity contribution in [1.29, 1.82) is 0 Å². The van der Waals surface area contributed by atoms with Gasteiger partial charge in [-0.2, -0.15) is 0 Å². The molecular formula is C15H26N2O. The first-order valence-electron chi connectivity index (χ1n) is 7.96. The molecule has 4 fully saturated rings. The lowest BCUT2D eigenvalue weighted by atomic mass is 9.73. The number of fused-ring (bicyclic) bond motifs is 1. The molecule has 3 saturated heterocycles. The quantitative estimate of drug-likeness (QED) is 0.767. The minimum absolute atomic E-state index is 0.310. The van der Waals surface area contributed by atoms with Crippen LogP contribution < -0.4 is 5.32 Å². The van der Waals surface area contributed by atoms with Gasteiger partial charge >= 0.3 is 0 Å². The lowest BCUT2D eigenvalue weighted by molar-refractivity contribution is -0.147. The summed E-state index contributed by atoms with van der Waals surface area (Å²) in [5, 5.41) is 3.73. The number of nitrogens with zero attached hydrogens (tertiary/aromatic N) is 1. The molecule has 3 heterocycles. The fourth-order valence-electron chi connectivity index (χ4n) is 4.61. The number of nitrogens with one attached hydrogen (secondary N) is 1. The molecule has 0 aromatic carbocycles. The van der Waals surface area contributed by atoms with E-state index < -0.39 is 0 Å². The zero-order chi connectivity index (χ0) is 12.0. The smallest absolute Gasteiger partial charge is 0.0697 e. The van der Waals surface area contributed by atoms with Gasteiger partial charge in [-0.25, -0.2) is 0 Å². The molecule has 4 rings (SSSR count). The molecule has 3 aliphatic heterocycles. The van der Waals surface area contributed by atoms with Crippen molar-refractivity contribution in [2.24, 2.45) is 5.92 Å². The summed E-state index contributed by atoms with van der Waals surface area (Å²) in [5.74, 6) is 0.930. The fourth-order valence-corrected chi connectivity index (χ4v) is 4.61. The van der Waals surface area contributed by atoms with E-state index in [9.17, 15) is 0 Å². The summed E-state index contributed by atoms with van der Waals surface area (Å²) in [7, 11) is 0. The van der Waals surface area contributed by atoms with E-state index in [4.69, 9.17) is 4.74 Å². The highest BCUT2D eigenvalue weighted by molar-refractivity contribution is 5.00. The van der Waals surface area contributed by atoms with Gasteiger partial charge in [0.25, 0.3) is 0 Å². The van der Waals surface area contributed by atoms with Crippen molar-refractivity contribution in [1.82, 2.24) is 10.2 Å². The van der Waals surface area contributed by atoms with Gasteiger partial charge in [-0.3, -0.25) is 4.90 Å². The SMILES string of the molecule is C1CNC2CN(C3CCOC4(CCC4)C3)CC2C1. The summed E-state index contributed by atoms with van der Waals surface area (Å²) in [6.07, 6.45) is 9.44. The molecule has 1 aliphatic carbocycles. The normalized spacial score (nSPS) is 43.7. The van der Waals surface area contributed by atoms with E-state index in [0.717, 1.165) is 24.6 Å². The van der Waals surface area contributed by atoms with Crippen molar-refractivity contribution in [2.75, 3.05) is 26.2 Å². The highest BCUT2D eigenvalue weighted by atomic mass is 16.5. The number of hydrogen-bond acceptors (Lipinski definition) is 3. The first kappa shape index (κ1) is 11.7. The predicted octanol–water partition coefficient (Wildman–Crippen LogP) is 1.77. The number of likely N-dealkylation sites (tertiary alicyclic amines) is 1. The van der Waals surface area contributed by atoms with Gasteiger partial charge in [0, 0.05) is 31.8 Å². The summed E-state index contributed by atoms with van der Waals surface area (Å²) in [6.45, 7) is 4.89. The lowest BCUT2D eigenvalue weighted by Crippen LogP contribution is -2.52. The van der Waals surface area contributed by atoms with Gasteiger partial charge < -0.3 is 10.1 Å². The van der Waals surface area contributed by atoms with Crippen LogP contribution in [0.2, 0.25) is 0 Å². The van der Waals surface area contributed by atoms with Crippen LogP contribution in [-0.2, 0) is 4.74 Å². The van der Waals surface area contributed by atoms with Gasteiger partial charge in [0.1, 0.15) is 0 Å². The molecule has 0 aromatic rings. The maximum absolute atomic E-state index is 6.07. The Labute approximate surface area is 110 Å². The third-order valence-electron chi connectivity index (χ3n) is 5.88. The number of ether oxygens (including phenoxy) is 1. The monoisotopic (exact) mass is 250 g/mol. The molecule has 0 radical (unpaired) electrons. The molecule has 3 atom stereocenters. The van der Waals surface area contributed by atoms with Crippen molar-refractivity contribution < 1.29 is 4.74 Å². The maximum Gasteiger partial charge on any atom is 0.0697 e. The van der Waals surface area contributed by atoms with E-state index in [1.54, 1.807) is 0 Å². The second-order valence-corrected chi connectivity index (χ2v) is 6.95. The summed E-state index contributed by atoms with van der Waals surface area (Å²) >= 11 is 0. The van der Waals surface area contributed by atoms with Crippen molar-refractivity contribution in [3.63, 3.8) is 0 Å². The third kappa shape index (κ3) is 1.91. The van der Waals surface area contributed by atoms with Crippen molar-refractivity contribution >= 4 is 0 Å². The molecule has 1 N–H and O–H groups in total. The Balaban J connectivity index is 1.41. The molecule has 3 unspecified atom stereocenters. The molecule has 4 aliphatic rings. The van der Waals surface area contributed by atoms with Crippen LogP contribution in [-0.4, -0.2) is 48.8 Å². The first-order chi connectivity index (χ1) is 8.85. The van der Waals surface area contributed by atoms with Crippen molar-refractivity contribution in [2.45, 2.75) is 62.6 Å². The molecule has 1 saturated carbocycles. The summed E-state index contributed by atoms with van der Waals surface area (Å²) in [5.41, 5.74) is 0.310. The van der Waals surface area contributed by atoms with Gasteiger partial charge in [-0.05, 0) is 57.4 Å². The highest BCUT2D eigenvalue weighted by Crippen LogP contribution is 2.44. The molecular weight excluding hydrogens is 224 g/mol. The minimum Gasteiger partial charge on any atom is -0.375 e. The standard InChI is InChI=1S/C15H26N2O/c1-3-12-10-17(11-14(12)16-7-1)13-4-8-18-15(9-13)5-2-6-15/h12-14,16H,1-11H2. The summed E-state index contributed by atoms with van der Waals surface area (Å²) in [4.78, 5) is 2.79. The lowest BCUT2D eigenvalue weighted by Gasteiger charge is -2.49. The Hall–Kier alpha value is -0.120. The highest BCUT2D eigenvalue weighted by Gasteiger charge is 2.46. The fraction of sp³-hybridized carbons (Fsp3) is 1.00. The van der Waals surface area contributed by atoms with E-state index in [0.29, 0.717) is 5.60 Å². The average molecular weight is 250 g/mol. The van der Waals surface area contributed by atoms with Crippen LogP contribution in [0.5, 0.6) is 0 Å². The average Bonchev–Trinajstić information content (AvgIpc) is 2.81. The van der Waals surface area contributed by atoms with Crippen molar-refractivity contribution in [3.05, 3.63) is 0 Å². The Bertz CT molecular complexity index is 302. The van der Waals surface area contributed by atoms with Gasteiger partial charge in [0.2, 0.25) is 0 Å². The topological polar surface area (TPSA) is 24.5 Å². The second-order valence-electron chi connectivity index (χ2n) is 6.95. The van der Waals surface area contributed by atoms with Crippen LogP contribution in [0, 0.1) is 5.92 Å². The van der Waals surface area contributed by atoms with Crippen molar-refractivity contribution in [3.8, 4) is 0 Å². The van der Waals surface area contributed by atoms with Crippen LogP contribution in [0.1, 0.15) is 44.9 Å². The van der Waals surface area contributed by atoms with Crippen LogP contribution in [0.15, 0.2) is 0 Å². The molecule has 3 nitrogen and oxygen atoms in total. The Morgan fingerprint density at radius 2 is 2.06 bits per heavy atom. The Morgan fingerprint density at radius 1 is 1.11 bits per heavy atom.